The molecular weight excluding hydrogens is 439 g/mol. The molecule has 29 heavy (non-hydrogen) atoms. The number of carboxylic acid groups (broad SMARTS) is 1. The normalized spacial score (nSPS) is 14.4. The number of nitrogens with one attached hydrogen (secondary N) is 1. The third kappa shape index (κ3) is 3.78. The molecule has 0 bridgehead atoms. The number of thiazole rings is 1. The van der Waals surface area contributed by atoms with Crippen molar-refractivity contribution in [2.75, 3.05) is 31.2 Å². The fourth-order valence-corrected chi connectivity index (χ4v) is 4.38. The Morgan fingerprint density at radius 2 is 2.00 bits per heavy atom. The minimum Gasteiger partial charge on any atom is -0.478 e. The zero-order valence-corrected chi connectivity index (χ0v) is 17.5. The van der Waals surface area contributed by atoms with E-state index < -0.39 is 11.9 Å². The van der Waals surface area contributed by atoms with E-state index in [0.717, 1.165) is 11.3 Å². The van der Waals surface area contributed by atoms with Crippen molar-refractivity contribution in [3.63, 3.8) is 0 Å². The highest BCUT2D eigenvalue weighted by atomic mass is 35.5. The summed E-state index contributed by atoms with van der Waals surface area (Å²) >= 11 is 13.3. The van der Waals surface area contributed by atoms with E-state index in [0.29, 0.717) is 47.9 Å². The van der Waals surface area contributed by atoms with Crippen molar-refractivity contribution in [3.05, 3.63) is 39.1 Å². The van der Waals surface area contributed by atoms with Crippen LogP contribution in [-0.4, -0.2) is 53.3 Å². The monoisotopic (exact) mass is 453 g/mol. The van der Waals surface area contributed by atoms with Crippen molar-refractivity contribution in [2.45, 2.75) is 6.92 Å². The zero-order chi connectivity index (χ0) is 20.7. The third-order valence-electron chi connectivity index (χ3n) is 4.53. The standard InChI is InChI=1S/C18H15Cl2N4O4S/c1-8-12(19)13(20)15(21-8)16(25)23-18-22-14-10(24-2-4-28-5-3-24)6-9(17(26)27)7-11(14)29-18/h6-7,21H,2-5H2,1H3,(H,26,27). The highest BCUT2D eigenvalue weighted by Gasteiger charge is 2.23. The van der Waals surface area contributed by atoms with Crippen LogP contribution in [-0.2, 0) is 4.74 Å². The summed E-state index contributed by atoms with van der Waals surface area (Å²) in [7, 11) is 0. The molecule has 11 heteroatoms. The van der Waals surface area contributed by atoms with Gasteiger partial charge in [0.05, 0.1) is 39.2 Å². The van der Waals surface area contributed by atoms with Crippen molar-refractivity contribution in [1.82, 2.24) is 15.3 Å². The van der Waals surface area contributed by atoms with Gasteiger partial charge in [-0.05, 0) is 19.1 Å². The number of carboxylic acids is 1. The molecule has 1 aromatic carbocycles. The smallest absolute Gasteiger partial charge is 0.335 e. The molecule has 151 valence electrons. The number of fused-ring (bicyclic) bond motifs is 1. The fraction of sp³-hybridized carbons (Fsp3) is 0.278. The van der Waals surface area contributed by atoms with Crippen LogP contribution in [0.2, 0.25) is 10.0 Å². The highest BCUT2D eigenvalue weighted by molar-refractivity contribution is 7.22. The quantitative estimate of drug-likeness (QED) is 0.620. The largest absolute Gasteiger partial charge is 0.478 e. The summed E-state index contributed by atoms with van der Waals surface area (Å²) in [6.07, 6.45) is 0. The number of carbonyl (C=O) groups is 2. The summed E-state index contributed by atoms with van der Waals surface area (Å²) < 4.78 is 6.00. The molecule has 3 aromatic rings. The lowest BCUT2D eigenvalue weighted by atomic mass is 10.1. The van der Waals surface area contributed by atoms with Crippen LogP contribution in [0.3, 0.4) is 0 Å². The summed E-state index contributed by atoms with van der Waals surface area (Å²) in [6, 6.07) is 3.12. The van der Waals surface area contributed by atoms with Gasteiger partial charge in [0, 0.05) is 18.8 Å². The summed E-state index contributed by atoms with van der Waals surface area (Å²) in [6.45, 7) is 4.03. The van der Waals surface area contributed by atoms with Crippen molar-refractivity contribution in [2.24, 2.45) is 0 Å². The highest BCUT2D eigenvalue weighted by Crippen LogP contribution is 2.36. The van der Waals surface area contributed by atoms with Crippen LogP contribution < -0.4 is 10.2 Å². The molecule has 1 fully saturated rings. The van der Waals surface area contributed by atoms with Crippen molar-refractivity contribution < 1.29 is 19.4 Å². The van der Waals surface area contributed by atoms with Crippen molar-refractivity contribution in [3.8, 4) is 0 Å². The van der Waals surface area contributed by atoms with E-state index >= 15 is 0 Å². The molecular formula is C18H15Cl2N4O4S. The number of benzene rings is 1. The number of aromatic carboxylic acids is 1. The predicted molar refractivity (Wildman–Crippen MR) is 111 cm³/mol. The minimum absolute atomic E-state index is 0.0908. The van der Waals surface area contributed by atoms with Gasteiger partial charge >= 0.3 is 5.97 Å². The molecule has 0 atom stereocenters. The van der Waals surface area contributed by atoms with Gasteiger partial charge in [0.1, 0.15) is 11.2 Å². The number of rotatable bonds is 4. The molecule has 4 rings (SSSR count). The van der Waals surface area contributed by atoms with Gasteiger partial charge in [-0.2, -0.15) is 5.32 Å². The van der Waals surface area contributed by atoms with Crippen LogP contribution in [0, 0.1) is 6.92 Å². The Bertz CT molecular complexity index is 1120. The molecule has 1 aliphatic heterocycles. The van der Waals surface area contributed by atoms with Crippen LogP contribution in [0.4, 0.5) is 10.8 Å². The maximum absolute atomic E-state index is 12.5. The van der Waals surface area contributed by atoms with E-state index in [9.17, 15) is 14.7 Å². The Hall–Kier alpha value is -2.33. The topological polar surface area (TPSA) is 110 Å². The number of aromatic nitrogens is 2. The summed E-state index contributed by atoms with van der Waals surface area (Å²) in [5, 5.41) is 14.1. The summed E-state index contributed by atoms with van der Waals surface area (Å²) in [5.41, 5.74) is 2.09. The minimum atomic E-state index is -1.03. The van der Waals surface area contributed by atoms with Gasteiger partial charge in [-0.1, -0.05) is 34.5 Å². The molecule has 2 aromatic heterocycles. The molecule has 0 spiro atoms. The molecule has 0 unspecified atom stereocenters. The Morgan fingerprint density at radius 1 is 1.28 bits per heavy atom. The number of halogens is 2. The lowest BCUT2D eigenvalue weighted by molar-refractivity contribution is 0.0696. The van der Waals surface area contributed by atoms with Gasteiger partial charge in [0.2, 0.25) is 5.13 Å². The maximum atomic E-state index is 12.5. The number of amides is 1. The van der Waals surface area contributed by atoms with Gasteiger partial charge in [-0.3, -0.25) is 4.79 Å². The van der Waals surface area contributed by atoms with Crippen molar-refractivity contribution in [1.29, 1.82) is 0 Å². The second-order valence-corrected chi connectivity index (χ2v) is 8.18. The number of morpholine rings is 1. The molecule has 1 radical (unpaired) electrons. The first-order chi connectivity index (χ1) is 13.8. The number of aryl methyl sites for hydroxylation is 1. The molecule has 2 N–H and O–H groups in total. The van der Waals surface area contributed by atoms with Crippen LogP contribution in [0.25, 0.3) is 10.2 Å². The second-order valence-electron chi connectivity index (χ2n) is 6.41. The first kappa shape index (κ1) is 20.0. The van der Waals surface area contributed by atoms with Crippen LogP contribution >= 0.6 is 34.5 Å². The SMILES string of the molecule is Cc1[nH]c(C(=O)[N]c2nc3c(N4CCOCC4)cc(C(=O)O)cc3s2)c(Cl)c1Cl. The molecule has 8 nitrogen and oxygen atoms in total. The maximum Gasteiger partial charge on any atom is 0.335 e. The van der Waals surface area contributed by atoms with Gasteiger partial charge in [0.15, 0.2) is 0 Å². The van der Waals surface area contributed by atoms with Crippen molar-refractivity contribution >= 4 is 67.5 Å². The average molecular weight is 454 g/mol. The molecule has 1 aliphatic rings. The number of ether oxygens (including phenoxy) is 1. The number of anilines is 1. The molecule has 0 aliphatic carbocycles. The Kier molecular flexibility index (Phi) is 5.39. The second kappa shape index (κ2) is 7.83. The Labute approximate surface area is 179 Å². The molecule has 1 amide bonds. The van der Waals surface area contributed by atoms with Crippen LogP contribution in [0.5, 0.6) is 0 Å². The first-order valence-electron chi connectivity index (χ1n) is 8.65. The van der Waals surface area contributed by atoms with Crippen LogP contribution in [0.15, 0.2) is 12.1 Å². The lowest BCUT2D eigenvalue weighted by Gasteiger charge is -2.29. The Morgan fingerprint density at radius 3 is 2.62 bits per heavy atom. The van der Waals surface area contributed by atoms with Gasteiger partial charge in [0.25, 0.3) is 5.91 Å². The van der Waals surface area contributed by atoms with Gasteiger partial charge in [-0.25, -0.2) is 9.78 Å². The number of hydrogen-bond acceptors (Lipinski definition) is 6. The average Bonchev–Trinajstić information content (AvgIpc) is 3.23. The number of hydrogen-bond donors (Lipinski definition) is 2. The summed E-state index contributed by atoms with van der Waals surface area (Å²) in [4.78, 5) is 33.4. The zero-order valence-electron chi connectivity index (χ0n) is 15.2. The molecule has 3 heterocycles. The Balaban J connectivity index is 1.71. The van der Waals surface area contributed by atoms with Gasteiger partial charge in [-0.15, -0.1) is 0 Å². The van der Waals surface area contributed by atoms with Gasteiger partial charge < -0.3 is 19.7 Å². The lowest BCUT2D eigenvalue weighted by Crippen LogP contribution is -2.36. The van der Waals surface area contributed by atoms with E-state index in [1.165, 1.54) is 6.07 Å². The first-order valence-corrected chi connectivity index (χ1v) is 10.2. The fourth-order valence-electron chi connectivity index (χ4n) is 3.08. The molecule has 1 saturated heterocycles. The number of aromatic amines is 1. The molecule has 0 saturated carbocycles. The van der Waals surface area contributed by atoms with Crippen LogP contribution in [0.1, 0.15) is 26.5 Å². The van der Waals surface area contributed by atoms with E-state index in [1.54, 1.807) is 13.0 Å². The number of H-pyrrole nitrogens is 1. The van der Waals surface area contributed by atoms with E-state index in [-0.39, 0.29) is 26.4 Å². The predicted octanol–water partition coefficient (Wildman–Crippen LogP) is 3.85. The summed E-state index contributed by atoms with van der Waals surface area (Å²) in [5.74, 6) is -1.64. The number of carbonyl (C=O) groups excluding carboxylic acids is 1. The van der Waals surface area contributed by atoms with E-state index in [4.69, 9.17) is 27.9 Å². The third-order valence-corrected chi connectivity index (χ3v) is 6.37. The van der Waals surface area contributed by atoms with E-state index in [1.807, 2.05) is 4.90 Å². The number of nitrogens with zero attached hydrogens (tertiary/aromatic N) is 3. The van der Waals surface area contributed by atoms with E-state index in [2.05, 4.69) is 15.3 Å².